The molecule has 0 radical (unpaired) electrons. The van der Waals surface area contributed by atoms with Crippen molar-refractivity contribution >= 4 is 35.8 Å². The second kappa shape index (κ2) is 15.0. The number of hydrogen-bond acceptors (Lipinski definition) is 17. The van der Waals surface area contributed by atoms with Crippen molar-refractivity contribution in [3.8, 4) is 0 Å². The number of esters is 6. The number of aliphatic hydroxyl groups excluding tert-OH is 2. The van der Waals surface area contributed by atoms with Crippen LogP contribution >= 0.6 is 0 Å². The van der Waals surface area contributed by atoms with Crippen LogP contribution in [0.25, 0.3) is 0 Å². The Labute approximate surface area is 234 Å². The molecule has 2 heterocycles. The van der Waals surface area contributed by atoms with E-state index < -0.39 is 110 Å². The zero-order valence-corrected chi connectivity index (χ0v) is 23.2. The number of rotatable bonds is 10. The van der Waals surface area contributed by atoms with Crippen LogP contribution in [0.1, 0.15) is 41.5 Å². The molecule has 0 aromatic rings. The third-order valence-corrected chi connectivity index (χ3v) is 5.63. The van der Waals surface area contributed by atoms with Crippen LogP contribution in [0.4, 0.5) is 0 Å². The van der Waals surface area contributed by atoms with Crippen molar-refractivity contribution in [3.05, 3.63) is 0 Å². The Hall–Kier alpha value is -3.38. The number of ether oxygens (including phenoxy) is 9. The molecule has 17 nitrogen and oxygen atoms in total. The van der Waals surface area contributed by atoms with Gasteiger partial charge in [0.05, 0.1) is 0 Å². The Balaban J connectivity index is 2.52. The van der Waals surface area contributed by atoms with Crippen LogP contribution in [0, 0.1) is 0 Å². The largest absolute Gasteiger partial charge is 0.463 e. The zero-order valence-electron chi connectivity index (χ0n) is 23.2. The van der Waals surface area contributed by atoms with Gasteiger partial charge in [-0.05, 0) is 0 Å². The molecule has 2 N–H and O–H groups in total. The molecule has 0 amide bonds. The van der Waals surface area contributed by atoms with Crippen molar-refractivity contribution in [3.63, 3.8) is 0 Å². The molecular weight excluding hydrogens is 560 g/mol. The minimum atomic E-state index is -1.89. The van der Waals surface area contributed by atoms with Crippen molar-refractivity contribution in [1.82, 2.24) is 0 Å². The number of aliphatic hydroxyl groups is 2. The van der Waals surface area contributed by atoms with E-state index in [1.807, 2.05) is 0 Å². The van der Waals surface area contributed by atoms with Crippen LogP contribution in [0.15, 0.2) is 0 Å². The molecule has 2 aliphatic heterocycles. The monoisotopic (exact) mass is 594 g/mol. The fraction of sp³-hybridized carbons (Fsp3) is 0.750. The first-order valence-electron chi connectivity index (χ1n) is 12.4. The fourth-order valence-electron chi connectivity index (χ4n) is 4.19. The maximum Gasteiger partial charge on any atom is 0.303 e. The highest BCUT2D eigenvalue weighted by atomic mass is 16.8. The van der Waals surface area contributed by atoms with Crippen LogP contribution in [0.2, 0.25) is 0 Å². The molecule has 2 rings (SSSR count). The molecule has 41 heavy (non-hydrogen) atoms. The van der Waals surface area contributed by atoms with Gasteiger partial charge in [-0.2, -0.15) is 0 Å². The quantitative estimate of drug-likeness (QED) is 0.206. The van der Waals surface area contributed by atoms with E-state index in [0.29, 0.717) is 0 Å². The molecule has 232 valence electrons. The highest BCUT2D eigenvalue weighted by molar-refractivity contribution is 5.68. The Kier molecular flexibility index (Phi) is 12.4. The number of carbonyl (C=O) groups is 6. The van der Waals surface area contributed by atoms with Crippen molar-refractivity contribution in [2.24, 2.45) is 0 Å². The molecule has 0 bridgehead atoms. The highest BCUT2D eigenvalue weighted by Crippen LogP contribution is 2.33. The van der Waals surface area contributed by atoms with Gasteiger partial charge in [0.25, 0.3) is 0 Å². The predicted octanol–water partition coefficient (Wildman–Crippen LogP) is -1.97. The van der Waals surface area contributed by atoms with Crippen LogP contribution in [0.5, 0.6) is 0 Å². The molecule has 2 saturated heterocycles. The summed E-state index contributed by atoms with van der Waals surface area (Å²) in [4.78, 5) is 70.4. The van der Waals surface area contributed by atoms with E-state index in [9.17, 15) is 39.0 Å². The molecule has 10 atom stereocenters. The summed E-state index contributed by atoms with van der Waals surface area (Å²) in [5, 5.41) is 21.6. The lowest BCUT2D eigenvalue weighted by molar-refractivity contribution is -0.356. The molecule has 0 saturated carbocycles. The SMILES string of the molecule is CC(=O)OC[C@H]1O[C@@H](O)[C@H](OC(C)=O)[C@@H](OC(C)=O)[C@@H]1O[C@@H]1O[C@H](COC(C)=O)[C@@H](OC(C)=O)[C@H](OC(C)=O)[C@H]1O. The van der Waals surface area contributed by atoms with E-state index >= 15 is 0 Å². The van der Waals surface area contributed by atoms with E-state index in [2.05, 4.69) is 0 Å². The van der Waals surface area contributed by atoms with Crippen molar-refractivity contribution in [2.45, 2.75) is 103 Å². The Morgan fingerprint density at radius 2 is 0.951 bits per heavy atom. The van der Waals surface area contributed by atoms with E-state index in [-0.39, 0.29) is 0 Å². The van der Waals surface area contributed by atoms with Gasteiger partial charge in [0.15, 0.2) is 37.0 Å². The van der Waals surface area contributed by atoms with E-state index in [1.165, 1.54) is 0 Å². The summed E-state index contributed by atoms with van der Waals surface area (Å²) < 4.78 is 47.9. The molecule has 0 unspecified atom stereocenters. The fourth-order valence-corrected chi connectivity index (χ4v) is 4.19. The van der Waals surface area contributed by atoms with Gasteiger partial charge < -0.3 is 52.8 Å². The van der Waals surface area contributed by atoms with Gasteiger partial charge in [-0.3, -0.25) is 28.8 Å². The summed E-state index contributed by atoms with van der Waals surface area (Å²) in [6.45, 7) is 5.19. The summed E-state index contributed by atoms with van der Waals surface area (Å²) in [5.41, 5.74) is 0. The van der Waals surface area contributed by atoms with Crippen molar-refractivity contribution < 1.29 is 81.6 Å². The lowest BCUT2D eigenvalue weighted by atomic mass is 9.96. The van der Waals surface area contributed by atoms with E-state index in [1.54, 1.807) is 0 Å². The average Bonchev–Trinajstić information content (AvgIpc) is 2.83. The van der Waals surface area contributed by atoms with Crippen LogP contribution in [0.3, 0.4) is 0 Å². The molecule has 17 heteroatoms. The maximum atomic E-state index is 12.0. The molecular formula is C24H34O17. The van der Waals surface area contributed by atoms with E-state index in [4.69, 9.17) is 42.6 Å². The third kappa shape index (κ3) is 9.89. The summed E-state index contributed by atoms with van der Waals surface area (Å²) in [6.07, 6.45) is -16.2. The smallest absolute Gasteiger partial charge is 0.303 e. The minimum absolute atomic E-state index is 0.544. The van der Waals surface area contributed by atoms with Crippen molar-refractivity contribution in [1.29, 1.82) is 0 Å². The van der Waals surface area contributed by atoms with Gasteiger partial charge in [0.2, 0.25) is 0 Å². The van der Waals surface area contributed by atoms with Crippen LogP contribution in [-0.4, -0.2) is 121 Å². The van der Waals surface area contributed by atoms with Crippen LogP contribution in [-0.2, 0) is 71.4 Å². The van der Waals surface area contributed by atoms with E-state index in [0.717, 1.165) is 41.5 Å². The Bertz CT molecular complexity index is 981. The summed E-state index contributed by atoms with van der Waals surface area (Å²) in [7, 11) is 0. The Morgan fingerprint density at radius 3 is 1.41 bits per heavy atom. The van der Waals surface area contributed by atoms with Crippen LogP contribution < -0.4 is 0 Å². The number of carbonyl (C=O) groups excluding carboxylic acids is 6. The summed E-state index contributed by atoms with van der Waals surface area (Å²) in [5.74, 6) is -5.00. The maximum absolute atomic E-state index is 12.0. The normalized spacial score (nSPS) is 33.1. The lowest BCUT2D eigenvalue weighted by Gasteiger charge is -2.47. The first-order chi connectivity index (χ1) is 19.1. The molecule has 2 aliphatic rings. The van der Waals surface area contributed by atoms with Gasteiger partial charge in [-0.25, -0.2) is 0 Å². The van der Waals surface area contributed by atoms with Gasteiger partial charge in [-0.1, -0.05) is 0 Å². The summed E-state index contributed by atoms with van der Waals surface area (Å²) in [6, 6.07) is 0. The Morgan fingerprint density at radius 1 is 0.537 bits per heavy atom. The van der Waals surface area contributed by atoms with Gasteiger partial charge in [0.1, 0.15) is 37.6 Å². The van der Waals surface area contributed by atoms with Gasteiger partial charge in [-0.15, -0.1) is 0 Å². The topological polar surface area (TPSA) is 226 Å². The number of hydrogen-bond donors (Lipinski definition) is 2. The second-order valence-electron chi connectivity index (χ2n) is 9.10. The minimum Gasteiger partial charge on any atom is -0.463 e. The average molecular weight is 595 g/mol. The van der Waals surface area contributed by atoms with Gasteiger partial charge in [0, 0.05) is 41.5 Å². The molecule has 0 aromatic carbocycles. The zero-order chi connectivity index (χ0) is 31.0. The van der Waals surface area contributed by atoms with Gasteiger partial charge >= 0.3 is 35.8 Å². The molecule has 2 fully saturated rings. The summed E-state index contributed by atoms with van der Waals surface area (Å²) >= 11 is 0. The highest BCUT2D eigenvalue weighted by Gasteiger charge is 2.55. The third-order valence-electron chi connectivity index (χ3n) is 5.63. The first-order valence-corrected chi connectivity index (χ1v) is 12.4. The molecule has 0 spiro atoms. The lowest BCUT2D eigenvalue weighted by Crippen LogP contribution is -2.66. The van der Waals surface area contributed by atoms with Crippen molar-refractivity contribution in [2.75, 3.05) is 13.2 Å². The first kappa shape index (κ1) is 33.8. The second-order valence-corrected chi connectivity index (χ2v) is 9.10. The molecule has 0 aromatic heterocycles. The molecule has 0 aliphatic carbocycles. The standard InChI is InChI=1S/C24H34O17/c1-9(25)33-7-15-19(21(37-13(5)29)22(23(32)39-15)38-14(6)30)41-24-17(31)20(36-12(4)28)18(35-11(3)27)16(40-24)8-34-10(2)26/h15-24,31-32H,7-8H2,1-6H3/t15-,16-,17-,18-,19-,20-,21+,22-,23-,24+/m1/s1. The predicted molar refractivity (Wildman–Crippen MR) is 126 cm³/mol.